The van der Waals surface area contributed by atoms with Crippen LogP contribution in [0.1, 0.15) is 16.5 Å². The van der Waals surface area contributed by atoms with E-state index in [1.54, 1.807) is 31.4 Å². The lowest BCUT2D eigenvalue weighted by atomic mass is 10.1. The number of carbonyl (C=O) groups is 1. The van der Waals surface area contributed by atoms with Crippen LogP contribution in [0.4, 0.5) is 17.6 Å². The molecule has 0 bridgehead atoms. The predicted octanol–water partition coefficient (Wildman–Crippen LogP) is 4.51. The summed E-state index contributed by atoms with van der Waals surface area (Å²) in [6.07, 6.45) is -4.76. The predicted molar refractivity (Wildman–Crippen MR) is 96.8 cm³/mol. The van der Waals surface area contributed by atoms with E-state index >= 15 is 0 Å². The maximum Gasteiger partial charge on any atom is 0.419 e. The molecule has 1 aliphatic heterocycles. The summed E-state index contributed by atoms with van der Waals surface area (Å²) in [6.45, 7) is 0.420. The van der Waals surface area contributed by atoms with Gasteiger partial charge in [0.05, 0.1) is 25.0 Å². The van der Waals surface area contributed by atoms with Crippen molar-refractivity contribution in [3.63, 3.8) is 0 Å². The Morgan fingerprint density at radius 3 is 2.43 bits per heavy atom. The first-order valence-electron chi connectivity index (χ1n) is 8.34. The van der Waals surface area contributed by atoms with Gasteiger partial charge in [-0.1, -0.05) is 6.07 Å². The Kier molecular flexibility index (Phi) is 6.02. The van der Waals surface area contributed by atoms with Crippen molar-refractivity contribution in [1.82, 2.24) is 4.90 Å². The normalized spacial score (nSPS) is 17.1. The monoisotopic (exact) mass is 415 g/mol. The number of ether oxygens (including phenoxy) is 2. The number of amides is 1. The van der Waals surface area contributed by atoms with E-state index in [-0.39, 0.29) is 24.8 Å². The molecule has 150 valence electrons. The van der Waals surface area contributed by atoms with Crippen LogP contribution in [0.5, 0.6) is 11.5 Å². The molecule has 0 aliphatic carbocycles. The first-order chi connectivity index (χ1) is 13.3. The number of halogens is 4. The van der Waals surface area contributed by atoms with Crippen LogP contribution in [0.25, 0.3) is 0 Å². The fraction of sp³-hybridized carbons (Fsp3) is 0.316. The molecule has 2 aromatic rings. The Labute approximate surface area is 163 Å². The van der Waals surface area contributed by atoms with Crippen LogP contribution in [-0.4, -0.2) is 36.8 Å². The highest BCUT2D eigenvalue weighted by atomic mass is 32.2. The van der Waals surface area contributed by atoms with E-state index in [0.29, 0.717) is 23.1 Å². The molecule has 0 spiro atoms. The number of methoxy groups -OCH3 is 1. The van der Waals surface area contributed by atoms with Gasteiger partial charge in [0.1, 0.15) is 29.3 Å². The SMILES string of the molecule is COc1ccc(OCCN2C(=O)CSC2c2ccc(C(F)(F)F)c(F)c2)cc1. The molecular formula is C19H17F4NO3S. The molecule has 1 unspecified atom stereocenters. The van der Waals surface area contributed by atoms with Gasteiger partial charge >= 0.3 is 6.18 Å². The van der Waals surface area contributed by atoms with Crippen molar-refractivity contribution in [3.8, 4) is 11.5 Å². The summed E-state index contributed by atoms with van der Waals surface area (Å²) in [5, 5.41) is -0.552. The molecule has 1 saturated heterocycles. The van der Waals surface area contributed by atoms with Gasteiger partial charge < -0.3 is 14.4 Å². The number of thioether (sulfide) groups is 1. The van der Waals surface area contributed by atoms with Crippen molar-refractivity contribution in [3.05, 3.63) is 59.4 Å². The average Bonchev–Trinajstić information content (AvgIpc) is 3.02. The van der Waals surface area contributed by atoms with Gasteiger partial charge in [0.15, 0.2) is 0 Å². The Morgan fingerprint density at radius 2 is 1.82 bits per heavy atom. The summed E-state index contributed by atoms with van der Waals surface area (Å²) in [4.78, 5) is 13.6. The largest absolute Gasteiger partial charge is 0.497 e. The second-order valence-corrected chi connectivity index (χ2v) is 7.08. The van der Waals surface area contributed by atoms with Crippen molar-refractivity contribution in [2.24, 2.45) is 0 Å². The van der Waals surface area contributed by atoms with Crippen LogP contribution in [0.2, 0.25) is 0 Å². The molecule has 1 atom stereocenters. The molecule has 3 rings (SSSR count). The van der Waals surface area contributed by atoms with Crippen molar-refractivity contribution in [2.45, 2.75) is 11.6 Å². The smallest absolute Gasteiger partial charge is 0.419 e. The Morgan fingerprint density at radius 1 is 1.14 bits per heavy atom. The highest BCUT2D eigenvalue weighted by Crippen LogP contribution is 2.40. The van der Waals surface area contributed by atoms with Crippen molar-refractivity contribution in [1.29, 1.82) is 0 Å². The minimum atomic E-state index is -4.76. The summed E-state index contributed by atoms with van der Waals surface area (Å²) < 4.78 is 62.8. The van der Waals surface area contributed by atoms with Crippen LogP contribution >= 0.6 is 11.8 Å². The number of rotatable bonds is 6. The molecule has 0 radical (unpaired) electrons. The fourth-order valence-corrected chi connectivity index (χ4v) is 4.03. The van der Waals surface area contributed by atoms with E-state index in [2.05, 4.69) is 0 Å². The maximum atomic E-state index is 13.9. The van der Waals surface area contributed by atoms with Gasteiger partial charge in [-0.15, -0.1) is 11.8 Å². The van der Waals surface area contributed by atoms with Crippen LogP contribution in [-0.2, 0) is 11.0 Å². The quantitative estimate of drug-likeness (QED) is 0.651. The van der Waals surface area contributed by atoms with Crippen LogP contribution in [0.15, 0.2) is 42.5 Å². The Bertz CT molecular complexity index is 842. The molecule has 0 saturated carbocycles. The number of alkyl halides is 3. The molecule has 1 amide bonds. The summed E-state index contributed by atoms with van der Waals surface area (Å²) in [5.74, 6) is -0.0661. The maximum absolute atomic E-state index is 13.9. The number of hydrogen-bond donors (Lipinski definition) is 0. The average molecular weight is 415 g/mol. The van der Waals surface area contributed by atoms with Gasteiger partial charge in [0.2, 0.25) is 5.91 Å². The van der Waals surface area contributed by atoms with E-state index < -0.39 is 22.9 Å². The molecule has 0 N–H and O–H groups in total. The van der Waals surface area contributed by atoms with E-state index in [9.17, 15) is 22.4 Å². The minimum Gasteiger partial charge on any atom is -0.497 e. The number of carbonyl (C=O) groups excluding carboxylic acids is 1. The van der Waals surface area contributed by atoms with Gasteiger partial charge in [-0.2, -0.15) is 13.2 Å². The zero-order valence-corrected chi connectivity index (χ0v) is 15.6. The third kappa shape index (κ3) is 4.52. The zero-order chi connectivity index (χ0) is 20.3. The topological polar surface area (TPSA) is 38.8 Å². The molecule has 9 heteroatoms. The molecule has 4 nitrogen and oxygen atoms in total. The lowest BCUT2D eigenvalue weighted by molar-refractivity contribution is -0.140. The van der Waals surface area contributed by atoms with Gasteiger partial charge in [-0.3, -0.25) is 4.79 Å². The van der Waals surface area contributed by atoms with Gasteiger partial charge in [-0.05, 0) is 42.0 Å². The molecule has 0 aromatic heterocycles. The van der Waals surface area contributed by atoms with E-state index in [1.807, 2.05) is 0 Å². The third-order valence-corrected chi connectivity index (χ3v) is 5.47. The molecule has 2 aromatic carbocycles. The van der Waals surface area contributed by atoms with Crippen molar-refractivity contribution < 1.29 is 31.8 Å². The molecule has 1 fully saturated rings. The first kappa shape index (κ1) is 20.3. The number of benzene rings is 2. The lowest BCUT2D eigenvalue weighted by Crippen LogP contribution is -2.32. The summed E-state index contributed by atoms with van der Waals surface area (Å²) in [7, 11) is 1.55. The van der Waals surface area contributed by atoms with Gasteiger partial charge in [0.25, 0.3) is 0 Å². The van der Waals surface area contributed by atoms with Crippen LogP contribution in [0, 0.1) is 5.82 Å². The second-order valence-electron chi connectivity index (χ2n) is 6.01. The molecule has 1 aliphatic rings. The highest BCUT2D eigenvalue weighted by Gasteiger charge is 2.36. The Balaban J connectivity index is 1.66. The third-order valence-electron chi connectivity index (χ3n) is 4.21. The van der Waals surface area contributed by atoms with Gasteiger partial charge in [0, 0.05) is 0 Å². The summed E-state index contributed by atoms with van der Waals surface area (Å²) >= 11 is 1.24. The van der Waals surface area contributed by atoms with Crippen molar-refractivity contribution in [2.75, 3.05) is 26.0 Å². The van der Waals surface area contributed by atoms with Crippen LogP contribution in [0.3, 0.4) is 0 Å². The number of nitrogens with zero attached hydrogens (tertiary/aromatic N) is 1. The van der Waals surface area contributed by atoms with Crippen molar-refractivity contribution >= 4 is 17.7 Å². The van der Waals surface area contributed by atoms with E-state index in [0.717, 1.165) is 6.07 Å². The van der Waals surface area contributed by atoms with E-state index in [4.69, 9.17) is 9.47 Å². The lowest BCUT2D eigenvalue weighted by Gasteiger charge is -2.24. The van der Waals surface area contributed by atoms with E-state index in [1.165, 1.54) is 22.7 Å². The minimum absolute atomic E-state index is 0.173. The summed E-state index contributed by atoms with van der Waals surface area (Å²) in [6, 6.07) is 9.68. The second kappa shape index (κ2) is 8.30. The highest BCUT2D eigenvalue weighted by molar-refractivity contribution is 8.00. The standard InChI is InChI=1S/C19H17F4NO3S/c1-26-13-3-5-14(6-4-13)27-9-8-24-17(25)11-28-18(24)12-2-7-15(16(20)10-12)19(21,22)23/h2-7,10,18H,8-9,11H2,1H3. The van der Waals surface area contributed by atoms with Gasteiger partial charge in [-0.25, -0.2) is 4.39 Å². The Hall–Kier alpha value is -2.42. The molecular weight excluding hydrogens is 398 g/mol. The zero-order valence-electron chi connectivity index (χ0n) is 14.8. The molecule has 28 heavy (non-hydrogen) atoms. The number of hydrogen-bond acceptors (Lipinski definition) is 4. The summed E-state index contributed by atoms with van der Waals surface area (Å²) in [5.41, 5.74) is -1.01. The van der Waals surface area contributed by atoms with Crippen LogP contribution < -0.4 is 9.47 Å². The fourth-order valence-electron chi connectivity index (χ4n) is 2.82. The first-order valence-corrected chi connectivity index (χ1v) is 9.39. The molecule has 1 heterocycles.